The Bertz CT molecular complexity index is 198. The number of carbonyl (C=O) groups is 4. The molecule has 0 radical (unpaired) electrons. The van der Waals surface area contributed by atoms with Gasteiger partial charge >= 0.3 is 59.1 Å². The SMILES string of the molecule is O=C([O-])C(=O)C(=O)C(=O)[O-].[Na+].[Na+]. The molecule has 54 valence electrons. The van der Waals surface area contributed by atoms with Crippen molar-refractivity contribution in [3.05, 3.63) is 0 Å². The minimum absolute atomic E-state index is 0. The van der Waals surface area contributed by atoms with Crippen LogP contribution in [0.15, 0.2) is 0 Å². The maximum absolute atomic E-state index is 9.85. The normalized spacial score (nSPS) is 7.00. The van der Waals surface area contributed by atoms with E-state index in [1.807, 2.05) is 0 Å². The number of ketones is 2. The van der Waals surface area contributed by atoms with E-state index >= 15 is 0 Å². The molecule has 0 saturated heterocycles. The number of carbonyl (C=O) groups excluding carboxylic acids is 4. The molecule has 0 unspecified atom stereocenters. The second-order valence-electron chi connectivity index (χ2n) is 1.23. The van der Waals surface area contributed by atoms with Crippen LogP contribution in [0.3, 0.4) is 0 Å². The molecule has 0 saturated carbocycles. The zero-order chi connectivity index (χ0) is 8.31. The minimum Gasteiger partial charge on any atom is -0.541 e. The zero-order valence-electron chi connectivity index (χ0n) is 6.45. The topological polar surface area (TPSA) is 114 Å². The van der Waals surface area contributed by atoms with Gasteiger partial charge in [-0.3, -0.25) is 9.59 Å². The molecular weight excluding hydrogens is 190 g/mol. The molecule has 0 rings (SSSR count). The zero-order valence-corrected chi connectivity index (χ0v) is 10.4. The van der Waals surface area contributed by atoms with Gasteiger partial charge in [-0.2, -0.15) is 0 Å². The Kier molecular flexibility index (Phi) is 12.0. The molecule has 12 heavy (non-hydrogen) atoms. The van der Waals surface area contributed by atoms with E-state index in [-0.39, 0.29) is 59.1 Å². The Morgan fingerprint density at radius 1 is 0.667 bits per heavy atom. The maximum atomic E-state index is 9.85. The van der Waals surface area contributed by atoms with Gasteiger partial charge in [0.05, 0.1) is 0 Å². The molecule has 0 aromatic heterocycles. The summed E-state index contributed by atoms with van der Waals surface area (Å²) in [5.41, 5.74) is 0. The van der Waals surface area contributed by atoms with Gasteiger partial charge in [-0.25, -0.2) is 0 Å². The van der Waals surface area contributed by atoms with Gasteiger partial charge in [0.2, 0.25) is 11.6 Å². The third-order valence-corrected chi connectivity index (χ3v) is 0.577. The van der Waals surface area contributed by atoms with Crippen molar-refractivity contribution in [3.8, 4) is 0 Å². The monoisotopic (exact) mass is 190 g/mol. The van der Waals surface area contributed by atoms with Crippen molar-refractivity contribution >= 4 is 23.5 Å². The molecular formula is C4Na2O6. The molecule has 0 bridgehead atoms. The maximum Gasteiger partial charge on any atom is 1.00 e. The van der Waals surface area contributed by atoms with Crippen LogP contribution in [0.2, 0.25) is 0 Å². The van der Waals surface area contributed by atoms with E-state index in [1.54, 1.807) is 0 Å². The van der Waals surface area contributed by atoms with Crippen molar-refractivity contribution in [1.82, 2.24) is 0 Å². The molecule has 0 aromatic carbocycles. The smallest absolute Gasteiger partial charge is 0.541 e. The fraction of sp³-hybridized carbons (Fsp3) is 0. The van der Waals surface area contributed by atoms with Gasteiger partial charge in [-0.05, 0) is 0 Å². The fourth-order valence-electron chi connectivity index (χ4n) is 0.185. The van der Waals surface area contributed by atoms with E-state index in [4.69, 9.17) is 0 Å². The van der Waals surface area contributed by atoms with Crippen LogP contribution in [0.25, 0.3) is 0 Å². The first kappa shape index (κ1) is 18.1. The number of carboxylic acids is 2. The molecule has 6 nitrogen and oxygen atoms in total. The summed E-state index contributed by atoms with van der Waals surface area (Å²) in [7, 11) is 0. The van der Waals surface area contributed by atoms with Crippen molar-refractivity contribution in [2.24, 2.45) is 0 Å². The molecule has 8 heteroatoms. The molecule has 0 atom stereocenters. The fourth-order valence-corrected chi connectivity index (χ4v) is 0.185. The van der Waals surface area contributed by atoms with Crippen LogP contribution in [-0.2, 0) is 19.2 Å². The summed E-state index contributed by atoms with van der Waals surface area (Å²) < 4.78 is 0. The van der Waals surface area contributed by atoms with Gasteiger partial charge in [-0.15, -0.1) is 0 Å². The second kappa shape index (κ2) is 7.90. The molecule has 0 aliphatic carbocycles. The molecule has 0 aliphatic heterocycles. The first-order valence-electron chi connectivity index (χ1n) is 1.97. The number of aliphatic carboxylic acids is 2. The van der Waals surface area contributed by atoms with Crippen LogP contribution < -0.4 is 69.3 Å². The molecule has 0 N–H and O–H groups in total. The summed E-state index contributed by atoms with van der Waals surface area (Å²) >= 11 is 0. The van der Waals surface area contributed by atoms with Gasteiger partial charge in [-0.1, -0.05) is 0 Å². The number of Topliss-reactive ketones (excluding diaryl/α,β-unsaturated/α-hetero) is 2. The second-order valence-corrected chi connectivity index (χ2v) is 1.23. The van der Waals surface area contributed by atoms with E-state index in [0.29, 0.717) is 0 Å². The Balaban J connectivity index is -0.000000405. The van der Waals surface area contributed by atoms with Crippen molar-refractivity contribution in [2.45, 2.75) is 0 Å². The van der Waals surface area contributed by atoms with E-state index in [9.17, 15) is 29.4 Å². The van der Waals surface area contributed by atoms with E-state index in [2.05, 4.69) is 0 Å². The van der Waals surface area contributed by atoms with E-state index in [1.165, 1.54) is 0 Å². The predicted molar refractivity (Wildman–Crippen MR) is 20.0 cm³/mol. The van der Waals surface area contributed by atoms with Gasteiger partial charge in [0.1, 0.15) is 11.9 Å². The van der Waals surface area contributed by atoms with Crippen molar-refractivity contribution in [3.63, 3.8) is 0 Å². The van der Waals surface area contributed by atoms with Crippen LogP contribution >= 0.6 is 0 Å². The summed E-state index contributed by atoms with van der Waals surface area (Å²) in [5.74, 6) is -8.93. The molecule has 0 aliphatic rings. The molecule has 0 heterocycles. The van der Waals surface area contributed by atoms with Gasteiger partial charge in [0.25, 0.3) is 0 Å². The largest absolute Gasteiger partial charge is 1.00 e. The standard InChI is InChI=1S/C4H2O6.2Na/c5-1(3(7)8)2(6)4(9)10;;/h(H,7,8)(H,9,10);;/q;2*+1/p-2. The number of rotatable bonds is 3. The first-order valence-corrected chi connectivity index (χ1v) is 1.97. The summed E-state index contributed by atoms with van der Waals surface area (Å²) in [6.07, 6.45) is 0. The molecule has 0 aromatic rings. The van der Waals surface area contributed by atoms with Crippen LogP contribution in [-0.4, -0.2) is 23.5 Å². The van der Waals surface area contributed by atoms with Crippen LogP contribution in [0.5, 0.6) is 0 Å². The summed E-state index contributed by atoms with van der Waals surface area (Å²) in [6.45, 7) is 0. The van der Waals surface area contributed by atoms with Gasteiger partial charge < -0.3 is 19.8 Å². The van der Waals surface area contributed by atoms with E-state index < -0.39 is 23.5 Å². The molecule has 0 amide bonds. The van der Waals surface area contributed by atoms with Crippen molar-refractivity contribution in [1.29, 1.82) is 0 Å². The first-order chi connectivity index (χ1) is 4.46. The average Bonchev–Trinajstić information content (AvgIpc) is 1.84. The third-order valence-electron chi connectivity index (χ3n) is 0.577. The predicted octanol–water partition coefficient (Wildman–Crippen LogP) is -10.4. The van der Waals surface area contributed by atoms with Crippen molar-refractivity contribution in [2.75, 3.05) is 0 Å². The quantitative estimate of drug-likeness (QED) is 0.248. The Morgan fingerprint density at radius 3 is 0.917 bits per heavy atom. The van der Waals surface area contributed by atoms with Crippen LogP contribution in [0, 0.1) is 0 Å². The Labute approximate surface area is 111 Å². The van der Waals surface area contributed by atoms with Crippen molar-refractivity contribution < 1.29 is 88.5 Å². The number of hydrogen-bond donors (Lipinski definition) is 0. The Morgan fingerprint density at radius 2 is 0.833 bits per heavy atom. The number of carboxylic acid groups (broad SMARTS) is 2. The molecule has 0 fully saturated rings. The summed E-state index contributed by atoms with van der Waals surface area (Å²) in [6, 6.07) is 0. The van der Waals surface area contributed by atoms with E-state index in [0.717, 1.165) is 0 Å². The van der Waals surface area contributed by atoms with Gasteiger partial charge in [0, 0.05) is 0 Å². The number of hydrogen-bond acceptors (Lipinski definition) is 6. The van der Waals surface area contributed by atoms with Gasteiger partial charge in [0.15, 0.2) is 0 Å². The minimum atomic E-state index is -2.35. The third kappa shape index (κ3) is 5.87. The summed E-state index contributed by atoms with van der Waals surface area (Å²) in [4.78, 5) is 38.6. The summed E-state index contributed by atoms with van der Waals surface area (Å²) in [5, 5.41) is 18.9. The Hall–Kier alpha value is 0.280. The van der Waals surface area contributed by atoms with Crippen LogP contribution in [0.1, 0.15) is 0 Å². The average molecular weight is 190 g/mol. The van der Waals surface area contributed by atoms with Crippen LogP contribution in [0.4, 0.5) is 0 Å². The molecule has 0 spiro atoms.